The summed E-state index contributed by atoms with van der Waals surface area (Å²) in [7, 11) is 0. The number of fused-ring (bicyclic) bond motifs is 1. The smallest absolute Gasteiger partial charge is 0.345 e. The summed E-state index contributed by atoms with van der Waals surface area (Å²) in [5, 5.41) is 26.7. The van der Waals surface area contributed by atoms with E-state index in [9.17, 15) is 20.2 Å². The van der Waals surface area contributed by atoms with Crippen LogP contribution in [0.1, 0.15) is 5.01 Å². The van der Waals surface area contributed by atoms with E-state index in [1.54, 1.807) is 23.6 Å². The van der Waals surface area contributed by atoms with Crippen LogP contribution in [-0.4, -0.2) is 9.91 Å². The van der Waals surface area contributed by atoms with E-state index in [0.29, 0.717) is 31.8 Å². The molecule has 0 amide bonds. The molecule has 0 spiro atoms. The molecule has 0 radical (unpaired) electrons. The normalized spacial score (nSPS) is 11.3. The average Bonchev–Trinajstić information content (AvgIpc) is 3.25. The zero-order chi connectivity index (χ0) is 22.8. The zero-order valence-electron chi connectivity index (χ0n) is 15.8. The summed E-state index contributed by atoms with van der Waals surface area (Å²) in [6, 6.07) is 12.4. The lowest BCUT2D eigenvalue weighted by molar-refractivity contribution is -0.384. The van der Waals surface area contributed by atoms with Crippen molar-refractivity contribution in [2.45, 2.75) is 0 Å². The molecule has 0 atom stereocenters. The van der Waals surface area contributed by atoms with Gasteiger partial charge >= 0.3 is 5.63 Å². The van der Waals surface area contributed by atoms with Crippen LogP contribution in [0.2, 0.25) is 10.0 Å². The van der Waals surface area contributed by atoms with Crippen LogP contribution in [0.4, 0.5) is 11.4 Å². The van der Waals surface area contributed by atoms with E-state index < -0.39 is 10.5 Å². The van der Waals surface area contributed by atoms with Crippen molar-refractivity contribution in [3.63, 3.8) is 0 Å². The first-order chi connectivity index (χ1) is 15.4. The van der Waals surface area contributed by atoms with Crippen LogP contribution in [0, 0.1) is 21.4 Å². The van der Waals surface area contributed by atoms with E-state index in [1.807, 2.05) is 0 Å². The summed E-state index contributed by atoms with van der Waals surface area (Å²) in [5.41, 5.74) is 0.745. The van der Waals surface area contributed by atoms with E-state index in [4.69, 9.17) is 27.6 Å². The second-order valence-electron chi connectivity index (χ2n) is 6.41. The number of nitrogens with zero attached hydrogens (tertiary/aromatic N) is 3. The van der Waals surface area contributed by atoms with Crippen molar-refractivity contribution in [2.24, 2.45) is 0 Å². The Kier molecular flexibility index (Phi) is 5.92. The first-order valence-corrected chi connectivity index (χ1v) is 10.5. The van der Waals surface area contributed by atoms with Gasteiger partial charge in [-0.1, -0.05) is 23.2 Å². The summed E-state index contributed by atoms with van der Waals surface area (Å²) >= 11 is 13.1. The molecule has 0 aliphatic heterocycles. The summed E-state index contributed by atoms with van der Waals surface area (Å²) in [6.07, 6.45) is 1.47. The van der Waals surface area contributed by atoms with Gasteiger partial charge in [-0.3, -0.25) is 10.1 Å². The Morgan fingerprint density at radius 3 is 2.75 bits per heavy atom. The van der Waals surface area contributed by atoms with E-state index >= 15 is 0 Å². The van der Waals surface area contributed by atoms with Crippen LogP contribution in [0.15, 0.2) is 63.3 Å². The Hall–Kier alpha value is -3.71. The highest BCUT2D eigenvalue weighted by Crippen LogP contribution is 2.29. The Morgan fingerprint density at radius 1 is 1.22 bits per heavy atom. The number of aromatic nitrogens is 1. The van der Waals surface area contributed by atoms with Crippen LogP contribution in [0.5, 0.6) is 0 Å². The summed E-state index contributed by atoms with van der Waals surface area (Å²) in [5.74, 6) is 0. The van der Waals surface area contributed by atoms with Gasteiger partial charge in [0.2, 0.25) is 0 Å². The van der Waals surface area contributed by atoms with Gasteiger partial charge in [0.15, 0.2) is 0 Å². The molecule has 2 aromatic heterocycles. The van der Waals surface area contributed by atoms with Crippen molar-refractivity contribution >= 4 is 62.5 Å². The number of thiazole rings is 1. The summed E-state index contributed by atoms with van der Waals surface area (Å²) in [4.78, 5) is 27.3. The monoisotopic (exact) mass is 484 g/mol. The van der Waals surface area contributed by atoms with Gasteiger partial charge in [0.25, 0.3) is 5.69 Å². The van der Waals surface area contributed by atoms with Gasteiger partial charge in [0.05, 0.1) is 26.2 Å². The molecule has 8 nitrogen and oxygen atoms in total. The second kappa shape index (κ2) is 8.80. The predicted molar refractivity (Wildman–Crippen MR) is 124 cm³/mol. The minimum Gasteiger partial charge on any atom is -0.422 e. The lowest BCUT2D eigenvalue weighted by atomic mass is 10.1. The van der Waals surface area contributed by atoms with Crippen molar-refractivity contribution in [3.8, 4) is 17.3 Å². The van der Waals surface area contributed by atoms with E-state index in [-0.39, 0.29) is 22.4 Å². The number of halogens is 2. The van der Waals surface area contributed by atoms with E-state index in [2.05, 4.69) is 16.4 Å². The molecule has 4 aromatic rings. The van der Waals surface area contributed by atoms with Crippen molar-refractivity contribution in [1.29, 1.82) is 5.26 Å². The van der Waals surface area contributed by atoms with Crippen molar-refractivity contribution < 1.29 is 9.34 Å². The number of nitro groups is 1. The fourth-order valence-electron chi connectivity index (χ4n) is 2.81. The van der Waals surface area contributed by atoms with Crippen molar-refractivity contribution in [2.75, 3.05) is 5.32 Å². The first-order valence-electron chi connectivity index (χ1n) is 8.86. The molecule has 158 valence electrons. The molecule has 0 saturated heterocycles. The highest BCUT2D eigenvalue weighted by atomic mass is 35.5. The van der Waals surface area contributed by atoms with Gasteiger partial charge in [-0.2, -0.15) is 5.26 Å². The zero-order valence-corrected chi connectivity index (χ0v) is 18.2. The minimum absolute atomic E-state index is 0.126. The number of non-ortho nitro benzene ring substituents is 1. The molecular weight excluding hydrogens is 475 g/mol. The van der Waals surface area contributed by atoms with Gasteiger partial charge in [0, 0.05) is 34.8 Å². The number of allylic oxidation sites excluding steroid dienone is 1. The maximum Gasteiger partial charge on any atom is 0.345 e. The highest BCUT2D eigenvalue weighted by Gasteiger charge is 2.15. The SMILES string of the molecule is N#C/C(=C\Nc1ccc(Cl)c(Cl)c1)c1nc(-c2cc3cc([N+](=O)[O-])ccc3oc2=O)cs1. The van der Waals surface area contributed by atoms with Crippen molar-refractivity contribution in [3.05, 3.63) is 89.6 Å². The van der Waals surface area contributed by atoms with Crippen LogP contribution in [0.3, 0.4) is 0 Å². The molecule has 4 rings (SSSR count). The molecule has 0 saturated carbocycles. The van der Waals surface area contributed by atoms with E-state index in [1.165, 1.54) is 30.5 Å². The van der Waals surface area contributed by atoms with Crippen LogP contribution in [-0.2, 0) is 0 Å². The number of anilines is 1. The van der Waals surface area contributed by atoms with Crippen molar-refractivity contribution in [1.82, 2.24) is 4.98 Å². The van der Waals surface area contributed by atoms with Crippen LogP contribution < -0.4 is 10.9 Å². The summed E-state index contributed by atoms with van der Waals surface area (Å²) < 4.78 is 5.28. The number of nitriles is 1. The first kappa shape index (κ1) is 21.5. The third-order valence-electron chi connectivity index (χ3n) is 4.36. The largest absolute Gasteiger partial charge is 0.422 e. The van der Waals surface area contributed by atoms with Gasteiger partial charge in [-0.05, 0) is 30.3 Å². The molecule has 1 N–H and O–H groups in total. The van der Waals surface area contributed by atoms with E-state index in [0.717, 1.165) is 11.3 Å². The molecule has 0 unspecified atom stereocenters. The quantitative estimate of drug-likeness (QED) is 0.157. The molecule has 32 heavy (non-hydrogen) atoms. The highest BCUT2D eigenvalue weighted by molar-refractivity contribution is 7.11. The molecule has 11 heteroatoms. The minimum atomic E-state index is -0.639. The van der Waals surface area contributed by atoms with Gasteiger partial charge in [-0.15, -0.1) is 11.3 Å². The molecule has 0 aliphatic carbocycles. The third-order valence-corrected chi connectivity index (χ3v) is 5.97. The lowest BCUT2D eigenvalue weighted by Gasteiger charge is -2.03. The number of nitro benzene ring substituents is 1. The van der Waals surface area contributed by atoms with Gasteiger partial charge < -0.3 is 9.73 Å². The van der Waals surface area contributed by atoms with Crippen LogP contribution >= 0.6 is 34.5 Å². The maximum atomic E-state index is 12.4. The second-order valence-corrected chi connectivity index (χ2v) is 8.08. The van der Waals surface area contributed by atoms with Gasteiger partial charge in [-0.25, -0.2) is 9.78 Å². The topological polar surface area (TPSA) is 122 Å². The number of hydrogen-bond donors (Lipinski definition) is 1. The molecule has 0 aliphatic rings. The number of rotatable bonds is 5. The fraction of sp³-hybridized carbons (Fsp3) is 0. The third kappa shape index (κ3) is 4.33. The molecule has 2 heterocycles. The standard InChI is InChI=1S/C21H10Cl2N4O4S/c22-16-3-1-13(7-17(16)23)25-9-12(8-24)20-26-18(10-32-20)15-6-11-5-14(27(29)30)2-4-19(11)31-21(15)28/h1-7,9-10,25H/b12-9+. The Labute approximate surface area is 194 Å². The van der Waals surface area contributed by atoms with Crippen LogP contribution in [0.25, 0.3) is 27.8 Å². The Morgan fingerprint density at radius 2 is 2.03 bits per heavy atom. The molecule has 0 bridgehead atoms. The number of hydrogen-bond acceptors (Lipinski definition) is 8. The fourth-order valence-corrected chi connectivity index (χ4v) is 3.89. The number of benzene rings is 2. The molecule has 0 fully saturated rings. The maximum absolute atomic E-state index is 12.4. The molecule has 2 aromatic carbocycles. The predicted octanol–water partition coefficient (Wildman–Crippen LogP) is 6.11. The van der Waals surface area contributed by atoms with Gasteiger partial charge in [0.1, 0.15) is 22.2 Å². The molecular formula is C21H10Cl2N4O4S. The summed E-state index contributed by atoms with van der Waals surface area (Å²) in [6.45, 7) is 0. The Balaban J connectivity index is 1.67. The lowest BCUT2D eigenvalue weighted by Crippen LogP contribution is -2.03. The number of nitrogens with one attached hydrogen (secondary N) is 1. The average molecular weight is 485 g/mol. The Bertz CT molecular complexity index is 1500.